The molecule has 5 heteroatoms. The zero-order valence-electron chi connectivity index (χ0n) is 15.9. The molecule has 1 heterocycles. The van der Waals surface area contributed by atoms with Gasteiger partial charge in [-0.2, -0.15) is 0 Å². The van der Waals surface area contributed by atoms with E-state index in [1.54, 1.807) is 7.11 Å². The third-order valence-electron chi connectivity index (χ3n) is 5.29. The van der Waals surface area contributed by atoms with Crippen LogP contribution in [0.15, 0.2) is 78.9 Å². The van der Waals surface area contributed by atoms with Crippen LogP contribution in [-0.4, -0.2) is 18.8 Å². The van der Waals surface area contributed by atoms with E-state index < -0.39 is 29.5 Å². The van der Waals surface area contributed by atoms with Crippen LogP contribution in [0.25, 0.3) is 0 Å². The lowest BCUT2D eigenvalue weighted by atomic mass is 9.87. The highest BCUT2D eigenvalue weighted by atomic mass is 19.1. The van der Waals surface area contributed by atoms with Gasteiger partial charge in [-0.05, 0) is 53.9 Å². The Morgan fingerprint density at radius 3 is 2.17 bits per heavy atom. The van der Waals surface area contributed by atoms with Gasteiger partial charge in [0, 0.05) is 5.69 Å². The van der Waals surface area contributed by atoms with Crippen LogP contribution in [0, 0.1) is 11.7 Å². The number of anilines is 1. The minimum atomic E-state index is -0.571. The molecule has 1 amide bonds. The van der Waals surface area contributed by atoms with Crippen LogP contribution in [0.5, 0.6) is 5.75 Å². The summed E-state index contributed by atoms with van der Waals surface area (Å²) in [4.78, 5) is 27.4. The Kier molecular flexibility index (Phi) is 5.12. The van der Waals surface area contributed by atoms with E-state index in [-0.39, 0.29) is 0 Å². The normalized spacial score (nSPS) is 18.9. The molecule has 0 saturated carbocycles. The topological polar surface area (TPSA) is 46.6 Å². The highest BCUT2D eigenvalue weighted by Crippen LogP contribution is 2.41. The molecule has 1 saturated heterocycles. The van der Waals surface area contributed by atoms with Gasteiger partial charge in [-0.3, -0.25) is 14.5 Å². The van der Waals surface area contributed by atoms with Crippen molar-refractivity contribution in [1.82, 2.24) is 0 Å². The van der Waals surface area contributed by atoms with Crippen molar-refractivity contribution < 1.29 is 18.7 Å². The number of hydrogen-bond acceptors (Lipinski definition) is 3. The third-order valence-corrected chi connectivity index (χ3v) is 5.29. The van der Waals surface area contributed by atoms with Gasteiger partial charge < -0.3 is 4.74 Å². The molecule has 4 nitrogen and oxygen atoms in total. The first-order valence-electron chi connectivity index (χ1n) is 9.39. The minimum absolute atomic E-state index is 0.395. The van der Waals surface area contributed by atoms with Crippen LogP contribution in [0.3, 0.4) is 0 Å². The van der Waals surface area contributed by atoms with Crippen LogP contribution in [-0.2, 0) is 16.0 Å². The van der Waals surface area contributed by atoms with Crippen molar-refractivity contribution in [2.45, 2.75) is 12.5 Å². The van der Waals surface area contributed by atoms with E-state index >= 15 is 0 Å². The number of rotatable bonds is 5. The molecule has 29 heavy (non-hydrogen) atoms. The molecule has 1 aliphatic heterocycles. The molecule has 0 bridgehead atoms. The van der Waals surface area contributed by atoms with Crippen LogP contribution in [0.2, 0.25) is 0 Å². The summed E-state index contributed by atoms with van der Waals surface area (Å²) in [6.45, 7) is 0. The second kappa shape index (κ2) is 7.87. The number of ketones is 1. The van der Waals surface area contributed by atoms with E-state index in [2.05, 4.69) is 0 Å². The van der Waals surface area contributed by atoms with Gasteiger partial charge in [0.2, 0.25) is 5.78 Å². The van der Waals surface area contributed by atoms with Crippen molar-refractivity contribution in [2.24, 2.45) is 5.92 Å². The van der Waals surface area contributed by atoms with Gasteiger partial charge in [0.25, 0.3) is 5.91 Å². The molecule has 0 N–H and O–H groups in total. The maximum Gasteiger partial charge on any atom is 0.295 e. The summed E-state index contributed by atoms with van der Waals surface area (Å²) in [6, 6.07) is 22.2. The summed E-state index contributed by atoms with van der Waals surface area (Å²) >= 11 is 0. The van der Waals surface area contributed by atoms with Gasteiger partial charge in [-0.1, -0.05) is 42.5 Å². The summed E-state index contributed by atoms with van der Waals surface area (Å²) < 4.78 is 18.7. The number of carbonyl (C=O) groups is 2. The summed E-state index contributed by atoms with van der Waals surface area (Å²) in [5, 5.41) is 0. The van der Waals surface area contributed by atoms with Gasteiger partial charge in [-0.15, -0.1) is 0 Å². The summed E-state index contributed by atoms with van der Waals surface area (Å²) in [5.74, 6) is -1.24. The molecule has 3 aromatic rings. The first-order valence-corrected chi connectivity index (χ1v) is 9.39. The van der Waals surface area contributed by atoms with E-state index in [1.807, 2.05) is 54.6 Å². The van der Waals surface area contributed by atoms with Crippen LogP contribution >= 0.6 is 0 Å². The smallest absolute Gasteiger partial charge is 0.295 e. The number of benzene rings is 3. The maximum atomic E-state index is 13.4. The molecule has 2 atom stereocenters. The van der Waals surface area contributed by atoms with Gasteiger partial charge in [0.05, 0.1) is 19.1 Å². The van der Waals surface area contributed by atoms with Crippen molar-refractivity contribution in [1.29, 1.82) is 0 Å². The zero-order chi connectivity index (χ0) is 20.4. The van der Waals surface area contributed by atoms with E-state index in [0.717, 1.165) is 11.1 Å². The number of amides is 1. The molecular weight excluding hydrogens is 369 g/mol. The standard InChI is InChI=1S/C24H20FNO3/c1-29-20-13-7-17(8-14-20)22-21(15-16-5-3-2-4-6-16)23(27)24(28)26(22)19-11-9-18(25)10-12-19/h2-14,21-22H,15H2,1H3. The Bertz CT molecular complexity index is 1020. The molecule has 3 aromatic carbocycles. The molecule has 2 unspecified atom stereocenters. The van der Waals surface area contributed by atoms with Gasteiger partial charge in [0.1, 0.15) is 11.6 Å². The van der Waals surface area contributed by atoms with Crippen molar-refractivity contribution in [3.63, 3.8) is 0 Å². The Balaban J connectivity index is 1.78. The largest absolute Gasteiger partial charge is 0.497 e. The lowest BCUT2D eigenvalue weighted by molar-refractivity contribution is -0.135. The Morgan fingerprint density at radius 2 is 1.55 bits per heavy atom. The van der Waals surface area contributed by atoms with E-state index in [1.165, 1.54) is 29.2 Å². The van der Waals surface area contributed by atoms with E-state index in [9.17, 15) is 14.0 Å². The molecule has 146 valence electrons. The van der Waals surface area contributed by atoms with E-state index in [0.29, 0.717) is 17.9 Å². The molecule has 0 aliphatic carbocycles. The molecule has 1 aliphatic rings. The highest BCUT2D eigenvalue weighted by molar-refractivity contribution is 6.45. The zero-order valence-corrected chi connectivity index (χ0v) is 15.9. The summed E-state index contributed by atoms with van der Waals surface area (Å²) in [5.41, 5.74) is 2.31. The number of carbonyl (C=O) groups excluding carboxylic acids is 2. The first-order chi connectivity index (χ1) is 14.1. The molecular formula is C24H20FNO3. The summed E-state index contributed by atoms with van der Waals surface area (Å²) in [6.07, 6.45) is 0.444. The average Bonchev–Trinajstić information content (AvgIpc) is 3.00. The van der Waals surface area contributed by atoms with Gasteiger partial charge in [0.15, 0.2) is 0 Å². The van der Waals surface area contributed by atoms with Crippen molar-refractivity contribution >= 4 is 17.4 Å². The quantitative estimate of drug-likeness (QED) is 0.610. The van der Waals surface area contributed by atoms with Crippen LogP contribution in [0.1, 0.15) is 17.2 Å². The number of methoxy groups -OCH3 is 1. The SMILES string of the molecule is COc1ccc(C2C(Cc3ccccc3)C(=O)C(=O)N2c2ccc(F)cc2)cc1. The van der Waals surface area contributed by atoms with Crippen LogP contribution in [0.4, 0.5) is 10.1 Å². The molecule has 4 rings (SSSR count). The van der Waals surface area contributed by atoms with Gasteiger partial charge in [-0.25, -0.2) is 4.39 Å². The Labute approximate surface area is 168 Å². The monoisotopic (exact) mass is 389 g/mol. The van der Waals surface area contributed by atoms with E-state index in [4.69, 9.17) is 4.74 Å². The molecule has 0 aromatic heterocycles. The lowest BCUT2D eigenvalue weighted by Crippen LogP contribution is -2.29. The van der Waals surface area contributed by atoms with Crippen LogP contribution < -0.4 is 9.64 Å². The average molecular weight is 389 g/mol. The van der Waals surface area contributed by atoms with Crippen molar-refractivity contribution in [2.75, 3.05) is 12.0 Å². The predicted molar refractivity (Wildman–Crippen MR) is 108 cm³/mol. The molecule has 1 fully saturated rings. The third kappa shape index (κ3) is 3.63. The number of nitrogens with zero attached hydrogens (tertiary/aromatic N) is 1. The number of ether oxygens (including phenoxy) is 1. The predicted octanol–water partition coefficient (Wildman–Crippen LogP) is 4.35. The molecule has 0 radical (unpaired) electrons. The second-order valence-corrected chi connectivity index (χ2v) is 7.03. The Hall–Kier alpha value is -3.47. The van der Waals surface area contributed by atoms with Crippen molar-refractivity contribution in [3.05, 3.63) is 95.8 Å². The fourth-order valence-electron chi connectivity index (χ4n) is 3.86. The highest BCUT2D eigenvalue weighted by Gasteiger charge is 2.48. The first kappa shape index (κ1) is 18.9. The minimum Gasteiger partial charge on any atom is -0.497 e. The summed E-state index contributed by atoms with van der Waals surface area (Å²) in [7, 11) is 1.58. The Morgan fingerprint density at radius 1 is 0.897 bits per heavy atom. The lowest BCUT2D eigenvalue weighted by Gasteiger charge is -2.28. The maximum absolute atomic E-state index is 13.4. The second-order valence-electron chi connectivity index (χ2n) is 7.03. The number of hydrogen-bond donors (Lipinski definition) is 0. The van der Waals surface area contributed by atoms with Gasteiger partial charge >= 0.3 is 0 Å². The van der Waals surface area contributed by atoms with Crippen molar-refractivity contribution in [3.8, 4) is 5.75 Å². The molecule has 0 spiro atoms. The fraction of sp³-hybridized carbons (Fsp3) is 0.167. The fourth-order valence-corrected chi connectivity index (χ4v) is 3.86. The number of Topliss-reactive ketones (excluding diaryl/α,β-unsaturated/α-hetero) is 1. The number of halogens is 1.